The van der Waals surface area contributed by atoms with Crippen LogP contribution in [0.4, 0.5) is 16.3 Å². The van der Waals surface area contributed by atoms with E-state index in [9.17, 15) is 14.7 Å². The molecule has 0 aliphatic carbocycles. The Bertz CT molecular complexity index is 1680. The molecule has 0 radical (unpaired) electrons. The second-order valence-corrected chi connectivity index (χ2v) is 9.36. The van der Waals surface area contributed by atoms with Crippen LogP contribution in [0.5, 0.6) is 0 Å². The number of aliphatic carboxylic acids is 1. The topological polar surface area (TPSA) is 139 Å². The highest BCUT2D eigenvalue weighted by molar-refractivity contribution is 5.90. The van der Waals surface area contributed by atoms with Crippen LogP contribution in [0.3, 0.4) is 0 Å². The van der Waals surface area contributed by atoms with Gasteiger partial charge in [-0.05, 0) is 55.0 Å². The molecule has 1 aliphatic rings. The third kappa shape index (κ3) is 4.63. The summed E-state index contributed by atoms with van der Waals surface area (Å²) in [7, 11) is 0. The number of carboxylic acid groups (broad SMARTS) is 1. The summed E-state index contributed by atoms with van der Waals surface area (Å²) in [6, 6.07) is 24.5. The van der Waals surface area contributed by atoms with Gasteiger partial charge in [0, 0.05) is 36.2 Å². The first-order valence-corrected chi connectivity index (χ1v) is 12.5. The molecule has 4 N–H and O–H groups in total. The van der Waals surface area contributed by atoms with E-state index in [2.05, 4.69) is 10.3 Å². The molecule has 194 valence electrons. The van der Waals surface area contributed by atoms with E-state index in [1.54, 1.807) is 18.3 Å². The third-order valence-corrected chi connectivity index (χ3v) is 6.85. The van der Waals surface area contributed by atoms with E-state index in [-0.39, 0.29) is 12.6 Å². The van der Waals surface area contributed by atoms with E-state index in [1.807, 2.05) is 71.3 Å². The Balaban J connectivity index is 1.38. The molecule has 1 fully saturated rings. The fourth-order valence-electron chi connectivity index (χ4n) is 4.80. The first kappa shape index (κ1) is 24.1. The minimum atomic E-state index is -0.878. The number of anilines is 2. The minimum Gasteiger partial charge on any atom is -0.481 e. The maximum absolute atomic E-state index is 12.7. The monoisotopic (exact) mass is 519 g/mol. The maximum Gasteiger partial charge on any atom is 0.321 e. The Labute approximate surface area is 223 Å². The lowest BCUT2D eigenvalue weighted by molar-refractivity contribution is -0.141. The highest BCUT2D eigenvalue weighted by Crippen LogP contribution is 2.32. The highest BCUT2D eigenvalue weighted by Gasteiger charge is 2.30. The standard InChI is InChI=1S/C29H25N7O3/c30-25-22(7-4-15-31-25)26-34-24-13-12-23(18-5-2-1-3-6-18)33-27(24)36(26)21-10-8-20(9-11-21)32-29(39)35-16-14-19(17-35)28(37)38/h1-13,15,19H,14,16-17H2,(H2,30,31)(H,32,39)(H,37,38). The molecule has 10 heteroatoms. The van der Waals surface area contributed by atoms with Crippen LogP contribution in [0.2, 0.25) is 0 Å². The normalized spacial score (nSPS) is 15.0. The van der Waals surface area contributed by atoms with Gasteiger partial charge < -0.3 is 21.1 Å². The van der Waals surface area contributed by atoms with Gasteiger partial charge in [-0.1, -0.05) is 30.3 Å². The number of fused-ring (bicyclic) bond motifs is 1. The van der Waals surface area contributed by atoms with Crippen LogP contribution in [0.1, 0.15) is 6.42 Å². The smallest absolute Gasteiger partial charge is 0.321 e. The number of urea groups is 1. The number of aromatic nitrogens is 4. The third-order valence-electron chi connectivity index (χ3n) is 6.85. The molecular weight excluding hydrogens is 494 g/mol. The van der Waals surface area contributed by atoms with Crippen LogP contribution in [0.15, 0.2) is 85.1 Å². The van der Waals surface area contributed by atoms with Crippen molar-refractivity contribution in [3.63, 3.8) is 0 Å². The summed E-state index contributed by atoms with van der Waals surface area (Å²) in [5, 5.41) is 12.1. The number of likely N-dealkylation sites (tertiary alicyclic amines) is 1. The quantitative estimate of drug-likeness (QED) is 0.307. The van der Waals surface area contributed by atoms with E-state index in [0.29, 0.717) is 47.0 Å². The molecule has 1 saturated heterocycles. The number of nitrogens with zero attached hydrogens (tertiary/aromatic N) is 5. The number of hydrogen-bond donors (Lipinski definition) is 3. The Hall–Kier alpha value is -5.25. The number of benzene rings is 2. The second kappa shape index (κ2) is 9.90. The molecule has 39 heavy (non-hydrogen) atoms. The molecule has 0 bridgehead atoms. The van der Waals surface area contributed by atoms with Gasteiger partial charge in [0.1, 0.15) is 11.3 Å². The second-order valence-electron chi connectivity index (χ2n) is 9.36. The summed E-state index contributed by atoms with van der Waals surface area (Å²) in [6.07, 6.45) is 2.09. The van der Waals surface area contributed by atoms with Gasteiger partial charge in [-0.2, -0.15) is 0 Å². The minimum absolute atomic E-state index is 0.200. The molecule has 2 amide bonds. The summed E-state index contributed by atoms with van der Waals surface area (Å²) in [5.74, 6) is -0.455. The molecule has 1 aliphatic heterocycles. The van der Waals surface area contributed by atoms with Crippen molar-refractivity contribution in [3.8, 4) is 28.3 Å². The molecule has 10 nitrogen and oxygen atoms in total. The predicted octanol–water partition coefficient (Wildman–Crippen LogP) is 4.67. The lowest BCUT2D eigenvalue weighted by Gasteiger charge is -2.17. The molecule has 0 spiro atoms. The molecule has 2 aromatic carbocycles. The summed E-state index contributed by atoms with van der Waals surface area (Å²) >= 11 is 0. The van der Waals surface area contributed by atoms with E-state index in [4.69, 9.17) is 15.7 Å². The molecular formula is C29H25N7O3. The number of pyridine rings is 2. The Kier molecular flexibility index (Phi) is 6.12. The van der Waals surface area contributed by atoms with Crippen molar-refractivity contribution in [2.45, 2.75) is 6.42 Å². The van der Waals surface area contributed by atoms with Crippen LogP contribution in [0, 0.1) is 5.92 Å². The molecule has 1 unspecified atom stereocenters. The van der Waals surface area contributed by atoms with E-state index >= 15 is 0 Å². The summed E-state index contributed by atoms with van der Waals surface area (Å²) in [6.45, 7) is 0.610. The van der Waals surface area contributed by atoms with Gasteiger partial charge in [0.2, 0.25) is 0 Å². The summed E-state index contributed by atoms with van der Waals surface area (Å²) in [5.41, 5.74) is 11.4. The van der Waals surface area contributed by atoms with E-state index < -0.39 is 11.9 Å². The van der Waals surface area contributed by atoms with Crippen LogP contribution >= 0.6 is 0 Å². The number of rotatable bonds is 5. The number of nitrogen functional groups attached to an aromatic ring is 1. The highest BCUT2D eigenvalue weighted by atomic mass is 16.4. The zero-order chi connectivity index (χ0) is 26.9. The van der Waals surface area contributed by atoms with E-state index in [0.717, 1.165) is 16.9 Å². The summed E-state index contributed by atoms with van der Waals surface area (Å²) < 4.78 is 1.93. The lowest BCUT2D eigenvalue weighted by Crippen LogP contribution is -2.33. The van der Waals surface area contributed by atoms with Crippen molar-refractivity contribution >= 4 is 34.7 Å². The number of carbonyl (C=O) groups excluding carboxylic acids is 1. The van der Waals surface area contributed by atoms with Gasteiger partial charge in [0.15, 0.2) is 11.5 Å². The number of amides is 2. The Morgan fingerprint density at radius 1 is 0.949 bits per heavy atom. The summed E-state index contributed by atoms with van der Waals surface area (Å²) in [4.78, 5) is 39.5. The zero-order valence-electron chi connectivity index (χ0n) is 20.9. The first-order chi connectivity index (χ1) is 19.0. The molecule has 4 heterocycles. The van der Waals surface area contributed by atoms with Crippen molar-refractivity contribution in [1.29, 1.82) is 0 Å². The van der Waals surface area contributed by atoms with Crippen LogP contribution in [0.25, 0.3) is 39.5 Å². The number of carbonyl (C=O) groups is 2. The van der Waals surface area contributed by atoms with Gasteiger partial charge in [-0.25, -0.2) is 19.7 Å². The molecule has 1 atom stereocenters. The number of nitrogens with one attached hydrogen (secondary N) is 1. The Morgan fingerprint density at radius 2 is 1.74 bits per heavy atom. The fourth-order valence-corrected chi connectivity index (χ4v) is 4.80. The van der Waals surface area contributed by atoms with Gasteiger partial charge in [0.25, 0.3) is 0 Å². The van der Waals surface area contributed by atoms with Gasteiger partial charge in [-0.3, -0.25) is 9.36 Å². The van der Waals surface area contributed by atoms with Crippen LogP contribution < -0.4 is 11.1 Å². The van der Waals surface area contributed by atoms with Gasteiger partial charge in [0.05, 0.1) is 17.2 Å². The number of nitrogens with two attached hydrogens (primary N) is 1. The average molecular weight is 520 g/mol. The predicted molar refractivity (Wildman–Crippen MR) is 148 cm³/mol. The SMILES string of the molecule is Nc1ncccc1-c1nc2ccc(-c3ccccc3)nc2n1-c1ccc(NC(=O)N2CCC(C(=O)O)C2)cc1. The average Bonchev–Trinajstić information content (AvgIpc) is 3.60. The van der Waals surface area contributed by atoms with Crippen molar-refractivity contribution < 1.29 is 14.7 Å². The first-order valence-electron chi connectivity index (χ1n) is 12.5. The molecule has 3 aromatic heterocycles. The van der Waals surface area contributed by atoms with Crippen molar-refractivity contribution in [2.24, 2.45) is 5.92 Å². The number of hydrogen-bond acceptors (Lipinski definition) is 6. The van der Waals surface area contributed by atoms with Crippen LogP contribution in [-0.4, -0.2) is 54.6 Å². The lowest BCUT2D eigenvalue weighted by atomic mass is 10.1. The van der Waals surface area contributed by atoms with Crippen LogP contribution in [-0.2, 0) is 4.79 Å². The molecule has 0 saturated carbocycles. The van der Waals surface area contributed by atoms with E-state index in [1.165, 1.54) is 4.90 Å². The van der Waals surface area contributed by atoms with Gasteiger partial charge in [-0.15, -0.1) is 0 Å². The Morgan fingerprint density at radius 3 is 2.46 bits per heavy atom. The van der Waals surface area contributed by atoms with Gasteiger partial charge >= 0.3 is 12.0 Å². The molecule has 6 rings (SSSR count). The van der Waals surface area contributed by atoms with Crippen molar-refractivity contribution in [3.05, 3.63) is 85.1 Å². The number of carboxylic acids is 1. The zero-order valence-corrected chi connectivity index (χ0v) is 20.9. The molecule has 5 aromatic rings. The van der Waals surface area contributed by atoms with Crippen molar-refractivity contribution in [1.82, 2.24) is 24.4 Å². The van der Waals surface area contributed by atoms with Crippen molar-refractivity contribution in [2.75, 3.05) is 24.1 Å². The number of imidazole rings is 1. The largest absolute Gasteiger partial charge is 0.481 e. The fraction of sp³-hybridized carbons (Fsp3) is 0.138. The maximum atomic E-state index is 12.7.